The van der Waals surface area contributed by atoms with Crippen molar-refractivity contribution < 1.29 is 18.3 Å². The maximum Gasteiger partial charge on any atom is 0.223 e. The molecule has 124 valence electrons. The number of hydrogen-bond acceptors (Lipinski definition) is 4. The first-order valence-corrected chi connectivity index (χ1v) is 7.78. The Bertz CT molecular complexity index is 869. The molecule has 0 spiro atoms. The molecule has 0 bridgehead atoms. The Kier molecular flexibility index (Phi) is 3.68. The maximum absolute atomic E-state index is 14.1. The van der Waals surface area contributed by atoms with Crippen LogP contribution in [0.25, 0.3) is 10.9 Å². The van der Waals surface area contributed by atoms with Gasteiger partial charge in [0.1, 0.15) is 18.6 Å². The minimum absolute atomic E-state index is 0.0801. The van der Waals surface area contributed by atoms with Gasteiger partial charge in [-0.2, -0.15) is 0 Å². The Labute approximate surface area is 137 Å². The van der Waals surface area contributed by atoms with Crippen LogP contribution in [-0.4, -0.2) is 15.9 Å². The third-order valence-electron chi connectivity index (χ3n) is 3.99. The Morgan fingerprint density at radius 3 is 3.04 bits per heavy atom. The maximum atomic E-state index is 14.1. The van der Waals surface area contributed by atoms with E-state index >= 15 is 0 Å². The summed E-state index contributed by atoms with van der Waals surface area (Å²) in [5.74, 6) is -0.0562. The van der Waals surface area contributed by atoms with Crippen LogP contribution in [0, 0.1) is 11.7 Å². The molecule has 0 saturated heterocycles. The molecule has 2 aromatic heterocycles. The molecular weight excluding hydrogens is 313 g/mol. The number of nitrogens with zero attached hydrogens (tertiary/aromatic N) is 1. The number of aromatic amines is 1. The van der Waals surface area contributed by atoms with Gasteiger partial charge in [0.25, 0.3) is 0 Å². The number of benzene rings is 1. The molecule has 3 aromatic rings. The van der Waals surface area contributed by atoms with Crippen molar-refractivity contribution in [3.63, 3.8) is 0 Å². The van der Waals surface area contributed by atoms with Gasteiger partial charge in [-0.3, -0.25) is 4.79 Å². The highest BCUT2D eigenvalue weighted by Gasteiger charge is 2.29. The van der Waals surface area contributed by atoms with E-state index in [9.17, 15) is 9.18 Å². The molecule has 1 saturated carbocycles. The minimum atomic E-state index is -0.446. The monoisotopic (exact) mass is 329 g/mol. The van der Waals surface area contributed by atoms with Gasteiger partial charge in [0, 0.05) is 28.6 Å². The largest absolute Gasteiger partial charge is 0.484 e. The fourth-order valence-electron chi connectivity index (χ4n) is 2.53. The van der Waals surface area contributed by atoms with E-state index < -0.39 is 5.82 Å². The Balaban J connectivity index is 1.47. The van der Waals surface area contributed by atoms with Crippen LogP contribution in [-0.2, 0) is 17.9 Å². The first kappa shape index (κ1) is 14.7. The second kappa shape index (κ2) is 5.99. The van der Waals surface area contributed by atoms with Crippen LogP contribution in [0.3, 0.4) is 0 Å². The summed E-state index contributed by atoms with van der Waals surface area (Å²) in [7, 11) is 0. The number of H-pyrrole nitrogens is 1. The molecule has 24 heavy (non-hydrogen) atoms. The summed E-state index contributed by atoms with van der Waals surface area (Å²) in [6.07, 6.45) is 4.68. The van der Waals surface area contributed by atoms with Crippen molar-refractivity contribution in [2.75, 3.05) is 0 Å². The molecule has 2 heterocycles. The predicted molar refractivity (Wildman–Crippen MR) is 83.7 cm³/mol. The normalized spacial score (nSPS) is 14.0. The van der Waals surface area contributed by atoms with Gasteiger partial charge in [0.2, 0.25) is 5.91 Å². The summed E-state index contributed by atoms with van der Waals surface area (Å²) in [6, 6.07) is 4.85. The zero-order valence-electron chi connectivity index (χ0n) is 12.8. The lowest BCUT2D eigenvalue weighted by Gasteiger charge is -2.05. The Morgan fingerprint density at radius 1 is 1.42 bits per heavy atom. The topological polar surface area (TPSA) is 80.2 Å². The van der Waals surface area contributed by atoms with Crippen LogP contribution in [0.15, 0.2) is 35.3 Å². The molecule has 6 nitrogen and oxygen atoms in total. The van der Waals surface area contributed by atoms with Gasteiger partial charge in [-0.25, -0.2) is 9.37 Å². The number of carbonyl (C=O) groups is 1. The fraction of sp³-hybridized carbons (Fsp3) is 0.294. The van der Waals surface area contributed by atoms with Crippen LogP contribution >= 0.6 is 0 Å². The van der Waals surface area contributed by atoms with Gasteiger partial charge in [-0.1, -0.05) is 0 Å². The fourth-order valence-corrected chi connectivity index (χ4v) is 2.53. The zero-order chi connectivity index (χ0) is 16.5. The van der Waals surface area contributed by atoms with Crippen LogP contribution in [0.1, 0.15) is 24.2 Å². The van der Waals surface area contributed by atoms with Crippen molar-refractivity contribution >= 4 is 16.8 Å². The van der Waals surface area contributed by atoms with Crippen molar-refractivity contribution in [3.05, 3.63) is 48.1 Å². The van der Waals surface area contributed by atoms with E-state index in [0.717, 1.165) is 29.4 Å². The van der Waals surface area contributed by atoms with Crippen molar-refractivity contribution in [1.29, 1.82) is 0 Å². The molecule has 1 aliphatic carbocycles. The zero-order valence-corrected chi connectivity index (χ0v) is 12.8. The number of hydrogen-bond donors (Lipinski definition) is 2. The summed E-state index contributed by atoms with van der Waals surface area (Å²) in [5.41, 5.74) is 2.17. The highest BCUT2D eigenvalue weighted by Crippen LogP contribution is 2.29. The average Bonchev–Trinajstić information content (AvgIpc) is 3.15. The molecule has 7 heteroatoms. The number of oxazole rings is 1. The van der Waals surface area contributed by atoms with E-state index in [-0.39, 0.29) is 24.2 Å². The van der Waals surface area contributed by atoms with E-state index in [1.807, 2.05) is 6.07 Å². The molecule has 1 fully saturated rings. The van der Waals surface area contributed by atoms with E-state index in [1.165, 1.54) is 18.7 Å². The number of ether oxygens (including phenoxy) is 1. The summed E-state index contributed by atoms with van der Waals surface area (Å²) < 4.78 is 24.4. The lowest BCUT2D eigenvalue weighted by Crippen LogP contribution is -2.24. The number of fused-ring (bicyclic) bond motifs is 1. The smallest absolute Gasteiger partial charge is 0.223 e. The van der Waals surface area contributed by atoms with Crippen LogP contribution in [0.5, 0.6) is 5.75 Å². The molecule has 0 atom stereocenters. The van der Waals surface area contributed by atoms with Gasteiger partial charge < -0.3 is 19.5 Å². The number of halogens is 1. The van der Waals surface area contributed by atoms with Crippen LogP contribution in [0.2, 0.25) is 0 Å². The Morgan fingerprint density at radius 2 is 2.29 bits per heavy atom. The average molecular weight is 329 g/mol. The van der Waals surface area contributed by atoms with Gasteiger partial charge in [0.15, 0.2) is 18.0 Å². The molecule has 4 rings (SSSR count). The third kappa shape index (κ3) is 3.10. The van der Waals surface area contributed by atoms with Gasteiger partial charge in [-0.05, 0) is 25.0 Å². The van der Waals surface area contributed by atoms with E-state index in [1.54, 1.807) is 6.07 Å². The number of rotatable bonds is 6. The molecule has 0 unspecified atom stereocenters. The van der Waals surface area contributed by atoms with Gasteiger partial charge >= 0.3 is 0 Å². The standard InChI is InChI=1S/C17H16FN3O3/c18-14-4-11-3-12(6-19-17(22)10-1-2-10)21-15(11)5-16(14)24-8-13-7-23-9-20-13/h3-5,7,9-10,21H,1-2,6,8H2,(H,19,22). The number of nitrogens with one attached hydrogen (secondary N) is 2. The predicted octanol–water partition coefficient (Wildman–Crippen LogP) is 2.90. The SMILES string of the molecule is O=C(NCc1cc2cc(F)c(OCc3cocn3)cc2[nH]1)C1CC1. The number of aromatic nitrogens is 2. The van der Waals surface area contributed by atoms with E-state index in [2.05, 4.69) is 15.3 Å². The summed E-state index contributed by atoms with van der Waals surface area (Å²) in [6.45, 7) is 0.532. The van der Waals surface area contributed by atoms with Crippen molar-refractivity contribution in [2.24, 2.45) is 5.92 Å². The number of amides is 1. The Hall–Kier alpha value is -2.83. The first-order chi connectivity index (χ1) is 11.7. The van der Waals surface area contributed by atoms with Gasteiger partial charge in [0.05, 0.1) is 6.54 Å². The van der Waals surface area contributed by atoms with Crippen molar-refractivity contribution in [3.8, 4) is 5.75 Å². The second-order valence-electron chi connectivity index (χ2n) is 5.92. The molecule has 2 N–H and O–H groups in total. The third-order valence-corrected chi connectivity index (χ3v) is 3.99. The van der Waals surface area contributed by atoms with Crippen molar-refractivity contribution in [1.82, 2.24) is 15.3 Å². The summed E-state index contributed by atoms with van der Waals surface area (Å²) in [4.78, 5) is 18.8. The quantitative estimate of drug-likeness (QED) is 0.729. The van der Waals surface area contributed by atoms with Crippen molar-refractivity contribution in [2.45, 2.75) is 26.0 Å². The lowest BCUT2D eigenvalue weighted by molar-refractivity contribution is -0.122. The first-order valence-electron chi connectivity index (χ1n) is 7.78. The van der Waals surface area contributed by atoms with E-state index in [0.29, 0.717) is 12.2 Å². The minimum Gasteiger partial charge on any atom is -0.484 e. The highest BCUT2D eigenvalue weighted by atomic mass is 19.1. The molecule has 1 amide bonds. The van der Waals surface area contributed by atoms with Crippen LogP contribution in [0.4, 0.5) is 4.39 Å². The lowest BCUT2D eigenvalue weighted by atomic mass is 10.2. The van der Waals surface area contributed by atoms with Gasteiger partial charge in [-0.15, -0.1) is 0 Å². The summed E-state index contributed by atoms with van der Waals surface area (Å²) >= 11 is 0. The molecule has 0 aliphatic heterocycles. The summed E-state index contributed by atoms with van der Waals surface area (Å²) in [5, 5.41) is 3.61. The molecular formula is C17H16FN3O3. The molecule has 0 radical (unpaired) electrons. The van der Waals surface area contributed by atoms with E-state index in [4.69, 9.17) is 9.15 Å². The highest BCUT2D eigenvalue weighted by molar-refractivity contribution is 5.83. The molecule has 1 aromatic carbocycles. The number of carbonyl (C=O) groups excluding carboxylic acids is 1. The molecule has 1 aliphatic rings. The second-order valence-corrected chi connectivity index (χ2v) is 5.92. The van der Waals surface area contributed by atoms with Crippen LogP contribution < -0.4 is 10.1 Å².